The van der Waals surface area contributed by atoms with E-state index in [-0.39, 0.29) is 5.43 Å². The summed E-state index contributed by atoms with van der Waals surface area (Å²) in [5.41, 5.74) is 3.61. The minimum atomic E-state index is -0.108. The second-order valence-electron chi connectivity index (χ2n) is 8.08. The zero-order chi connectivity index (χ0) is 23.7. The third kappa shape index (κ3) is 3.95. The molecule has 0 saturated carbocycles. The summed E-state index contributed by atoms with van der Waals surface area (Å²) < 4.78 is 27.9. The highest BCUT2D eigenvalue weighted by Crippen LogP contribution is 2.35. The fourth-order valence-electron chi connectivity index (χ4n) is 4.25. The number of ether oxygens (including phenoxy) is 4. The Bertz CT molecular complexity index is 1390. The zero-order valence-electron chi connectivity index (χ0n) is 19.3. The van der Waals surface area contributed by atoms with E-state index < -0.39 is 0 Å². The van der Waals surface area contributed by atoms with Gasteiger partial charge >= 0.3 is 0 Å². The molecule has 7 nitrogen and oxygen atoms in total. The average molecular weight is 459 g/mol. The number of benzene rings is 3. The van der Waals surface area contributed by atoms with Gasteiger partial charge in [-0.1, -0.05) is 18.2 Å². The van der Waals surface area contributed by atoms with Crippen LogP contribution in [0.3, 0.4) is 0 Å². The molecule has 1 aliphatic rings. The Morgan fingerprint density at radius 1 is 0.912 bits per heavy atom. The molecule has 0 radical (unpaired) electrons. The highest BCUT2D eigenvalue weighted by molar-refractivity contribution is 5.86. The van der Waals surface area contributed by atoms with E-state index in [2.05, 4.69) is 4.90 Å². The fraction of sp³-hybridized carbons (Fsp3) is 0.222. The third-order valence-electron chi connectivity index (χ3n) is 6.05. The first-order valence-corrected chi connectivity index (χ1v) is 10.9. The topological polar surface area (TPSA) is 70.4 Å². The van der Waals surface area contributed by atoms with Gasteiger partial charge in [0, 0.05) is 13.1 Å². The van der Waals surface area contributed by atoms with Gasteiger partial charge in [0.1, 0.15) is 30.1 Å². The number of fused-ring (bicyclic) bond motifs is 3. The van der Waals surface area contributed by atoms with Crippen molar-refractivity contribution in [1.29, 1.82) is 0 Å². The lowest BCUT2D eigenvalue weighted by Crippen LogP contribution is -2.31. The Hall–Kier alpha value is -3.97. The van der Waals surface area contributed by atoms with Crippen LogP contribution in [0.5, 0.6) is 23.0 Å². The molecule has 0 N–H and O–H groups in total. The molecule has 0 unspecified atom stereocenters. The van der Waals surface area contributed by atoms with Crippen LogP contribution in [0.1, 0.15) is 11.1 Å². The molecule has 0 aliphatic carbocycles. The Labute approximate surface area is 197 Å². The number of nitrogens with zero attached hydrogens (tertiary/aromatic N) is 1. The van der Waals surface area contributed by atoms with Crippen LogP contribution in [-0.4, -0.2) is 33.0 Å². The maximum absolute atomic E-state index is 13.4. The summed E-state index contributed by atoms with van der Waals surface area (Å²) in [6.07, 6.45) is 1.51. The van der Waals surface area contributed by atoms with Gasteiger partial charge < -0.3 is 23.4 Å². The number of hydrogen-bond acceptors (Lipinski definition) is 7. The number of methoxy groups -OCH3 is 3. The van der Waals surface area contributed by atoms with Gasteiger partial charge in [-0.15, -0.1) is 0 Å². The number of rotatable bonds is 6. The van der Waals surface area contributed by atoms with E-state index in [1.807, 2.05) is 36.4 Å². The Morgan fingerprint density at radius 3 is 2.44 bits per heavy atom. The molecule has 5 rings (SSSR count). The molecule has 0 fully saturated rings. The van der Waals surface area contributed by atoms with E-state index in [1.54, 1.807) is 39.5 Å². The van der Waals surface area contributed by atoms with Crippen LogP contribution < -0.4 is 24.4 Å². The first-order chi connectivity index (χ1) is 16.6. The molecule has 0 spiro atoms. The summed E-state index contributed by atoms with van der Waals surface area (Å²) in [5, 5.41) is 0.515. The Kier molecular flexibility index (Phi) is 5.86. The molecular formula is C27H25NO6. The highest BCUT2D eigenvalue weighted by Gasteiger charge is 2.23. The summed E-state index contributed by atoms with van der Waals surface area (Å²) in [7, 11) is 4.79. The fourth-order valence-corrected chi connectivity index (χ4v) is 4.25. The van der Waals surface area contributed by atoms with Crippen molar-refractivity contribution in [1.82, 2.24) is 4.90 Å². The first-order valence-electron chi connectivity index (χ1n) is 10.9. The van der Waals surface area contributed by atoms with Gasteiger partial charge in [0.2, 0.25) is 5.43 Å². The Balaban J connectivity index is 1.48. The lowest BCUT2D eigenvalue weighted by molar-refractivity contribution is 0.0890. The van der Waals surface area contributed by atoms with Gasteiger partial charge in [-0.2, -0.15) is 0 Å². The van der Waals surface area contributed by atoms with Crippen LogP contribution in [-0.2, 0) is 13.1 Å². The van der Waals surface area contributed by atoms with Crippen LogP contribution in [0.2, 0.25) is 0 Å². The summed E-state index contributed by atoms with van der Waals surface area (Å²) in [5.74, 6) is 2.70. The van der Waals surface area contributed by atoms with Gasteiger partial charge in [0.25, 0.3) is 0 Å². The predicted molar refractivity (Wildman–Crippen MR) is 129 cm³/mol. The van der Waals surface area contributed by atoms with Crippen molar-refractivity contribution in [3.63, 3.8) is 0 Å². The van der Waals surface area contributed by atoms with Crippen molar-refractivity contribution in [2.24, 2.45) is 0 Å². The minimum absolute atomic E-state index is 0.108. The quantitative estimate of drug-likeness (QED) is 0.409. The summed E-state index contributed by atoms with van der Waals surface area (Å²) in [6, 6.07) is 16.9. The molecule has 1 aromatic heterocycles. The molecule has 0 atom stereocenters. The molecule has 174 valence electrons. The second-order valence-corrected chi connectivity index (χ2v) is 8.08. The SMILES string of the molecule is COc1ccc(CN2COc3ccc4c(=O)c(-c5ccc(OC)c(OC)c5)coc4c3C2)cc1. The number of hydrogen-bond donors (Lipinski definition) is 0. The lowest BCUT2D eigenvalue weighted by atomic mass is 10.0. The van der Waals surface area contributed by atoms with E-state index in [0.717, 1.165) is 22.6 Å². The first kappa shape index (κ1) is 21.9. The van der Waals surface area contributed by atoms with Crippen LogP contribution in [0, 0.1) is 0 Å². The second kappa shape index (κ2) is 9.11. The third-order valence-corrected chi connectivity index (χ3v) is 6.05. The molecule has 0 amide bonds. The van der Waals surface area contributed by atoms with E-state index >= 15 is 0 Å². The van der Waals surface area contributed by atoms with Crippen molar-refractivity contribution in [3.05, 3.63) is 82.2 Å². The van der Waals surface area contributed by atoms with Crippen molar-refractivity contribution in [2.75, 3.05) is 28.1 Å². The van der Waals surface area contributed by atoms with Crippen LogP contribution >= 0.6 is 0 Å². The van der Waals surface area contributed by atoms with Gasteiger partial charge in [-0.3, -0.25) is 9.69 Å². The maximum Gasteiger partial charge on any atom is 0.200 e. The molecule has 0 saturated heterocycles. The molecular weight excluding hydrogens is 434 g/mol. The van der Waals surface area contributed by atoms with Gasteiger partial charge in [0.15, 0.2) is 11.5 Å². The molecule has 0 bridgehead atoms. The summed E-state index contributed by atoms with van der Waals surface area (Å²) in [6.45, 7) is 1.77. The van der Waals surface area contributed by atoms with Crippen LogP contribution in [0.25, 0.3) is 22.1 Å². The Morgan fingerprint density at radius 2 is 1.71 bits per heavy atom. The average Bonchev–Trinajstić information content (AvgIpc) is 2.89. The monoisotopic (exact) mass is 459 g/mol. The summed E-state index contributed by atoms with van der Waals surface area (Å²) >= 11 is 0. The molecule has 3 aromatic carbocycles. The standard InChI is InChI=1S/C27H25NO6/c1-30-19-7-4-17(5-8-19)13-28-14-21-23(34-16-28)11-9-20-26(29)22(15-33-27(20)21)18-6-10-24(31-2)25(12-18)32-3/h4-12,15H,13-14,16H2,1-3H3. The predicted octanol–water partition coefficient (Wildman–Crippen LogP) is 4.84. The minimum Gasteiger partial charge on any atom is -0.497 e. The van der Waals surface area contributed by atoms with Crippen LogP contribution in [0.4, 0.5) is 0 Å². The van der Waals surface area contributed by atoms with Crippen molar-refractivity contribution >= 4 is 11.0 Å². The van der Waals surface area contributed by atoms with E-state index in [4.69, 9.17) is 23.4 Å². The van der Waals surface area contributed by atoms with E-state index in [0.29, 0.717) is 53.4 Å². The van der Waals surface area contributed by atoms with Crippen molar-refractivity contribution in [3.8, 4) is 34.1 Å². The van der Waals surface area contributed by atoms with E-state index in [1.165, 1.54) is 6.26 Å². The van der Waals surface area contributed by atoms with Crippen LogP contribution in [0.15, 0.2) is 70.1 Å². The molecule has 4 aromatic rings. The summed E-state index contributed by atoms with van der Waals surface area (Å²) in [4.78, 5) is 15.6. The molecule has 34 heavy (non-hydrogen) atoms. The molecule has 2 heterocycles. The normalized spacial score (nSPS) is 13.3. The smallest absolute Gasteiger partial charge is 0.200 e. The van der Waals surface area contributed by atoms with E-state index in [9.17, 15) is 4.79 Å². The van der Waals surface area contributed by atoms with Gasteiger partial charge in [0.05, 0.1) is 37.8 Å². The van der Waals surface area contributed by atoms with Crippen molar-refractivity contribution < 1.29 is 23.4 Å². The van der Waals surface area contributed by atoms with Gasteiger partial charge in [-0.05, 0) is 47.5 Å². The largest absolute Gasteiger partial charge is 0.497 e. The molecule has 1 aliphatic heterocycles. The molecule has 7 heteroatoms. The van der Waals surface area contributed by atoms with Gasteiger partial charge in [-0.25, -0.2) is 0 Å². The maximum atomic E-state index is 13.4. The zero-order valence-corrected chi connectivity index (χ0v) is 19.3. The van der Waals surface area contributed by atoms with Crippen molar-refractivity contribution in [2.45, 2.75) is 13.1 Å². The highest BCUT2D eigenvalue weighted by atomic mass is 16.5. The lowest BCUT2D eigenvalue weighted by Gasteiger charge is -2.29.